The maximum atomic E-state index is 12.0. The number of carbonyl (C=O) groups excluding carboxylic acids is 1. The first-order valence-corrected chi connectivity index (χ1v) is 9.66. The van der Waals surface area contributed by atoms with Gasteiger partial charge in [0.2, 0.25) is 0 Å². The van der Waals surface area contributed by atoms with Crippen molar-refractivity contribution in [2.45, 2.75) is 26.1 Å². The van der Waals surface area contributed by atoms with Crippen molar-refractivity contribution >= 4 is 23.5 Å². The van der Waals surface area contributed by atoms with Crippen molar-refractivity contribution in [3.8, 4) is 0 Å². The fourth-order valence-corrected chi connectivity index (χ4v) is 2.45. The fraction of sp³-hybridized carbons (Fsp3) is 0.333. The summed E-state index contributed by atoms with van der Waals surface area (Å²) in [6.45, 7) is 2.32. The summed E-state index contributed by atoms with van der Waals surface area (Å²) in [5.41, 5.74) is 1.51. The monoisotopic (exact) mass is 428 g/mol. The summed E-state index contributed by atoms with van der Waals surface area (Å²) in [6.07, 6.45) is -0.286. The normalized spacial score (nSPS) is 12.1. The van der Waals surface area contributed by atoms with Crippen LogP contribution < -0.4 is 11.2 Å². The lowest BCUT2D eigenvalue weighted by Crippen LogP contribution is -2.38. The first-order chi connectivity index (χ1) is 14.9. The molecule has 0 saturated carbocycles. The van der Waals surface area contributed by atoms with Gasteiger partial charge in [-0.2, -0.15) is 0 Å². The van der Waals surface area contributed by atoms with Crippen LogP contribution in [0.3, 0.4) is 0 Å². The van der Waals surface area contributed by atoms with E-state index in [1.807, 2.05) is 30.3 Å². The van der Waals surface area contributed by atoms with E-state index in [4.69, 9.17) is 25.6 Å². The highest BCUT2D eigenvalue weighted by Crippen LogP contribution is 2.09. The summed E-state index contributed by atoms with van der Waals surface area (Å²) in [5.74, 6) is 6.01. The van der Waals surface area contributed by atoms with E-state index in [-0.39, 0.29) is 24.3 Å². The number of hydrogen-bond donors (Lipinski definition) is 3. The van der Waals surface area contributed by atoms with E-state index in [1.54, 1.807) is 39.3 Å². The second kappa shape index (κ2) is 12.3. The highest BCUT2D eigenvalue weighted by Gasteiger charge is 2.14. The minimum Gasteiger partial charge on any atom is -0.446 e. The second-order valence-electron chi connectivity index (χ2n) is 6.68. The SMILES string of the molecule is COCCC(C)OC(=O)Nc1cccc(CO/N=C(\C(=N)N(C)N)c2ccccc2)n1. The molecule has 10 heteroatoms. The van der Waals surface area contributed by atoms with E-state index in [0.717, 1.165) is 5.01 Å². The van der Waals surface area contributed by atoms with E-state index in [9.17, 15) is 4.79 Å². The Labute approximate surface area is 181 Å². The quantitative estimate of drug-likeness (QED) is 0.229. The number of oxime groups is 1. The first-order valence-electron chi connectivity index (χ1n) is 9.66. The molecule has 31 heavy (non-hydrogen) atoms. The Bertz CT molecular complexity index is 888. The third kappa shape index (κ3) is 8.03. The number of rotatable bonds is 10. The van der Waals surface area contributed by atoms with Crippen molar-refractivity contribution in [2.24, 2.45) is 11.0 Å². The molecule has 2 aromatic rings. The highest BCUT2D eigenvalue weighted by molar-refractivity contribution is 6.46. The van der Waals surface area contributed by atoms with Crippen LogP contribution in [-0.4, -0.2) is 54.5 Å². The molecule has 0 bridgehead atoms. The number of nitrogens with two attached hydrogens (primary N) is 1. The Balaban J connectivity index is 2.00. The lowest BCUT2D eigenvalue weighted by molar-refractivity contribution is 0.0904. The molecule has 10 nitrogen and oxygen atoms in total. The number of anilines is 1. The van der Waals surface area contributed by atoms with Crippen LogP contribution in [0.15, 0.2) is 53.7 Å². The molecule has 166 valence electrons. The molecule has 1 aromatic heterocycles. The van der Waals surface area contributed by atoms with Gasteiger partial charge in [-0.1, -0.05) is 41.6 Å². The van der Waals surface area contributed by atoms with E-state index in [2.05, 4.69) is 15.5 Å². The number of amidine groups is 1. The number of hydrazine groups is 1. The van der Waals surface area contributed by atoms with Crippen molar-refractivity contribution in [1.82, 2.24) is 9.99 Å². The molecule has 0 saturated heterocycles. The van der Waals surface area contributed by atoms with Crippen LogP contribution in [0.5, 0.6) is 0 Å². The number of ether oxygens (including phenoxy) is 2. The van der Waals surface area contributed by atoms with Gasteiger partial charge in [0, 0.05) is 32.7 Å². The minimum atomic E-state index is -0.599. The Morgan fingerprint density at radius 3 is 2.68 bits per heavy atom. The van der Waals surface area contributed by atoms with Gasteiger partial charge in [-0.05, 0) is 19.1 Å². The number of pyridine rings is 1. The third-order valence-electron chi connectivity index (χ3n) is 4.07. The second-order valence-corrected chi connectivity index (χ2v) is 6.68. The standard InChI is InChI=1S/C21H28N6O4/c1-15(12-13-29-3)31-21(28)25-18-11-7-10-17(24-18)14-30-26-19(20(22)27(2)23)16-8-5-4-6-9-16/h4-11,15,22H,12-14,23H2,1-3H3,(H,24,25,28)/b22-20?,26-19-. The zero-order valence-electron chi connectivity index (χ0n) is 17.9. The number of amides is 1. The molecule has 1 atom stereocenters. The number of hydrogen-bond acceptors (Lipinski definition) is 8. The number of nitrogens with one attached hydrogen (secondary N) is 2. The van der Waals surface area contributed by atoms with Crippen molar-refractivity contribution in [2.75, 3.05) is 26.1 Å². The number of carbonyl (C=O) groups is 1. The van der Waals surface area contributed by atoms with Crippen LogP contribution in [0, 0.1) is 5.41 Å². The largest absolute Gasteiger partial charge is 0.446 e. The molecule has 0 aliphatic carbocycles. The third-order valence-corrected chi connectivity index (χ3v) is 4.07. The predicted molar refractivity (Wildman–Crippen MR) is 118 cm³/mol. The van der Waals surface area contributed by atoms with Gasteiger partial charge in [-0.15, -0.1) is 0 Å². The van der Waals surface area contributed by atoms with Crippen LogP contribution in [-0.2, 0) is 20.9 Å². The summed E-state index contributed by atoms with van der Waals surface area (Å²) < 4.78 is 10.2. The maximum Gasteiger partial charge on any atom is 0.413 e. The Kier molecular flexibility index (Phi) is 9.40. The van der Waals surface area contributed by atoms with Crippen LogP contribution in [0.2, 0.25) is 0 Å². The van der Waals surface area contributed by atoms with E-state index >= 15 is 0 Å². The molecule has 0 radical (unpaired) electrons. The van der Waals surface area contributed by atoms with Crippen LogP contribution in [0.1, 0.15) is 24.6 Å². The van der Waals surface area contributed by atoms with Crippen molar-refractivity contribution < 1.29 is 19.1 Å². The summed E-state index contributed by atoms with van der Waals surface area (Å²) in [4.78, 5) is 21.7. The molecule has 1 amide bonds. The van der Waals surface area contributed by atoms with Crippen LogP contribution >= 0.6 is 0 Å². The average molecular weight is 428 g/mol. The number of aromatic nitrogens is 1. The average Bonchev–Trinajstić information content (AvgIpc) is 2.75. The number of benzene rings is 1. The summed E-state index contributed by atoms with van der Waals surface area (Å²) >= 11 is 0. The molecule has 0 aliphatic heterocycles. The molecule has 0 aliphatic rings. The zero-order valence-corrected chi connectivity index (χ0v) is 17.9. The molecule has 4 N–H and O–H groups in total. The Morgan fingerprint density at radius 2 is 2.00 bits per heavy atom. The number of methoxy groups -OCH3 is 1. The molecule has 2 rings (SSSR count). The fourth-order valence-electron chi connectivity index (χ4n) is 2.45. The van der Waals surface area contributed by atoms with E-state index < -0.39 is 6.09 Å². The van der Waals surface area contributed by atoms with Gasteiger partial charge < -0.3 is 14.3 Å². The molecule has 0 fully saturated rings. The Hall–Kier alpha value is -3.50. The first kappa shape index (κ1) is 23.8. The predicted octanol–water partition coefficient (Wildman–Crippen LogP) is 2.76. The molecular formula is C21H28N6O4. The van der Waals surface area contributed by atoms with Crippen molar-refractivity contribution in [3.05, 3.63) is 59.8 Å². The number of nitrogens with zero attached hydrogens (tertiary/aromatic N) is 3. The summed E-state index contributed by atoms with van der Waals surface area (Å²) in [5, 5.41) is 15.9. The van der Waals surface area contributed by atoms with Gasteiger partial charge >= 0.3 is 6.09 Å². The van der Waals surface area contributed by atoms with Crippen molar-refractivity contribution in [1.29, 1.82) is 5.41 Å². The minimum absolute atomic E-state index is 0.0000789. The van der Waals surface area contributed by atoms with Crippen LogP contribution in [0.25, 0.3) is 0 Å². The molecule has 1 heterocycles. The van der Waals surface area contributed by atoms with Gasteiger partial charge in [0.15, 0.2) is 18.2 Å². The number of likely N-dealkylation sites (N-methyl/N-ethyl adjacent to an activating group) is 1. The summed E-state index contributed by atoms with van der Waals surface area (Å²) in [6, 6.07) is 14.3. The maximum absolute atomic E-state index is 12.0. The van der Waals surface area contributed by atoms with Gasteiger partial charge in [0.1, 0.15) is 11.9 Å². The summed E-state index contributed by atoms with van der Waals surface area (Å²) in [7, 11) is 3.14. The Morgan fingerprint density at radius 1 is 1.26 bits per heavy atom. The highest BCUT2D eigenvalue weighted by atomic mass is 16.6. The van der Waals surface area contributed by atoms with Gasteiger partial charge in [-0.3, -0.25) is 15.7 Å². The van der Waals surface area contributed by atoms with E-state index in [0.29, 0.717) is 30.1 Å². The van der Waals surface area contributed by atoms with Gasteiger partial charge in [-0.25, -0.2) is 15.6 Å². The molecule has 1 aromatic carbocycles. The zero-order chi connectivity index (χ0) is 22.6. The van der Waals surface area contributed by atoms with Crippen molar-refractivity contribution in [3.63, 3.8) is 0 Å². The lowest BCUT2D eigenvalue weighted by Gasteiger charge is -2.15. The van der Waals surface area contributed by atoms with Gasteiger partial charge in [0.25, 0.3) is 0 Å². The smallest absolute Gasteiger partial charge is 0.413 e. The molecule has 0 spiro atoms. The lowest BCUT2D eigenvalue weighted by atomic mass is 10.1. The molecule has 1 unspecified atom stereocenters. The topological polar surface area (TPSA) is 135 Å². The van der Waals surface area contributed by atoms with E-state index in [1.165, 1.54) is 0 Å². The van der Waals surface area contributed by atoms with Gasteiger partial charge in [0.05, 0.1) is 5.69 Å². The van der Waals surface area contributed by atoms with Crippen LogP contribution in [0.4, 0.5) is 10.6 Å². The molecular weight excluding hydrogens is 400 g/mol.